The zero-order valence-corrected chi connectivity index (χ0v) is 20.4. The summed E-state index contributed by atoms with van der Waals surface area (Å²) in [5.41, 5.74) is 3.32. The van der Waals surface area contributed by atoms with Gasteiger partial charge < -0.3 is 14.6 Å². The van der Waals surface area contributed by atoms with Crippen LogP contribution in [0, 0.1) is 0 Å². The van der Waals surface area contributed by atoms with Crippen LogP contribution < -0.4 is 9.64 Å². The third-order valence-corrected chi connectivity index (χ3v) is 7.04. The van der Waals surface area contributed by atoms with Gasteiger partial charge in [0.05, 0.1) is 34.5 Å². The molecule has 1 fully saturated rings. The van der Waals surface area contributed by atoms with E-state index in [1.54, 1.807) is 42.5 Å². The fourth-order valence-corrected chi connectivity index (χ4v) is 5.20. The maximum atomic E-state index is 13.5. The summed E-state index contributed by atoms with van der Waals surface area (Å²) in [5.74, 6) is 0.683. The number of imide groups is 1. The number of ether oxygens (including phenoxy) is 1. The van der Waals surface area contributed by atoms with E-state index in [0.29, 0.717) is 42.3 Å². The number of piperidine rings is 1. The largest absolute Gasteiger partial charge is 0.494 e. The molecule has 0 aliphatic carbocycles. The lowest BCUT2D eigenvalue weighted by atomic mass is 9.96. The van der Waals surface area contributed by atoms with Crippen molar-refractivity contribution < 1.29 is 19.1 Å². The fraction of sp³-hybridized carbons (Fsp3) is 0.241. The number of aromatic nitrogens is 2. The number of fused-ring (bicyclic) bond motifs is 2. The average Bonchev–Trinajstić information content (AvgIpc) is 3.48. The number of anilines is 1. The summed E-state index contributed by atoms with van der Waals surface area (Å²) in [5, 5.41) is 0. The van der Waals surface area contributed by atoms with E-state index in [2.05, 4.69) is 4.98 Å². The molecule has 8 nitrogen and oxygen atoms in total. The Bertz CT molecular complexity index is 1490. The molecular weight excluding hydrogens is 468 g/mol. The summed E-state index contributed by atoms with van der Waals surface area (Å²) in [6.07, 6.45) is 1.80. The zero-order valence-electron chi connectivity index (χ0n) is 20.4. The number of para-hydroxylation sites is 2. The Morgan fingerprint density at radius 2 is 1.81 bits per heavy atom. The number of nitrogens with one attached hydrogen (secondary N) is 1. The van der Waals surface area contributed by atoms with Gasteiger partial charge in [0, 0.05) is 24.6 Å². The molecule has 1 aromatic heterocycles. The van der Waals surface area contributed by atoms with Crippen molar-refractivity contribution in [2.75, 3.05) is 24.6 Å². The molecule has 2 aliphatic rings. The minimum Gasteiger partial charge on any atom is -0.494 e. The van der Waals surface area contributed by atoms with Crippen molar-refractivity contribution in [1.29, 1.82) is 0 Å². The van der Waals surface area contributed by atoms with Crippen LogP contribution in [0.25, 0.3) is 11.0 Å². The first-order chi connectivity index (χ1) is 18.0. The first-order valence-electron chi connectivity index (χ1n) is 12.5. The summed E-state index contributed by atoms with van der Waals surface area (Å²) < 4.78 is 5.45. The van der Waals surface area contributed by atoms with Gasteiger partial charge in [-0.15, -0.1) is 0 Å². The number of amides is 3. The van der Waals surface area contributed by atoms with E-state index in [-0.39, 0.29) is 17.4 Å². The van der Waals surface area contributed by atoms with Gasteiger partial charge in [-0.1, -0.05) is 12.1 Å². The molecule has 8 heteroatoms. The van der Waals surface area contributed by atoms with Gasteiger partial charge >= 0.3 is 0 Å². The van der Waals surface area contributed by atoms with Gasteiger partial charge in [0.1, 0.15) is 11.6 Å². The molecule has 0 radical (unpaired) electrons. The number of carbonyl (C=O) groups is 3. The van der Waals surface area contributed by atoms with Crippen LogP contribution in [0.15, 0.2) is 66.7 Å². The predicted octanol–water partition coefficient (Wildman–Crippen LogP) is 4.78. The predicted molar refractivity (Wildman–Crippen MR) is 139 cm³/mol. The van der Waals surface area contributed by atoms with Crippen molar-refractivity contribution in [3.63, 3.8) is 0 Å². The molecule has 3 aromatic carbocycles. The molecular formula is C29H26N4O4. The Kier molecular flexibility index (Phi) is 5.71. The summed E-state index contributed by atoms with van der Waals surface area (Å²) in [4.78, 5) is 50.8. The van der Waals surface area contributed by atoms with Crippen molar-refractivity contribution >= 4 is 34.4 Å². The van der Waals surface area contributed by atoms with Crippen LogP contribution in [0.4, 0.5) is 5.69 Å². The van der Waals surface area contributed by atoms with Crippen LogP contribution in [-0.2, 0) is 0 Å². The van der Waals surface area contributed by atoms with Crippen LogP contribution in [-0.4, -0.2) is 52.3 Å². The second kappa shape index (κ2) is 9.20. The van der Waals surface area contributed by atoms with Crippen molar-refractivity contribution in [2.24, 2.45) is 0 Å². The standard InChI is InChI=1S/C29H26N4O4/c1-2-37-21-12-10-20(11-13-21)33-28(35)22-14-9-18(16-23(22)29(33)36)27(34)32-15-5-6-19(17-32)26-30-24-7-3-4-8-25(24)31-26/h3-4,7-14,16,19H,2,5-6,15,17H2,1H3,(H,30,31). The number of H-pyrrole nitrogens is 1. The molecule has 3 heterocycles. The van der Waals surface area contributed by atoms with Crippen molar-refractivity contribution in [2.45, 2.75) is 25.7 Å². The number of likely N-dealkylation sites (tertiary alicyclic amines) is 1. The van der Waals surface area contributed by atoms with Crippen LogP contribution >= 0.6 is 0 Å². The van der Waals surface area contributed by atoms with E-state index < -0.39 is 11.8 Å². The Morgan fingerprint density at radius 1 is 1.03 bits per heavy atom. The zero-order chi connectivity index (χ0) is 25.5. The van der Waals surface area contributed by atoms with Crippen LogP contribution in [0.5, 0.6) is 5.75 Å². The lowest BCUT2D eigenvalue weighted by molar-refractivity contribution is 0.0704. The molecule has 186 valence electrons. The maximum absolute atomic E-state index is 13.5. The van der Waals surface area contributed by atoms with Gasteiger partial charge in [-0.2, -0.15) is 0 Å². The molecule has 1 N–H and O–H groups in total. The van der Waals surface area contributed by atoms with E-state index in [1.807, 2.05) is 36.1 Å². The second-order valence-corrected chi connectivity index (χ2v) is 9.36. The van der Waals surface area contributed by atoms with E-state index in [0.717, 1.165) is 34.6 Å². The van der Waals surface area contributed by atoms with Gasteiger partial charge in [0.15, 0.2) is 0 Å². The minimum absolute atomic E-state index is 0.109. The van der Waals surface area contributed by atoms with Crippen molar-refractivity contribution in [3.05, 3.63) is 89.2 Å². The average molecular weight is 495 g/mol. The summed E-state index contributed by atoms with van der Waals surface area (Å²) in [7, 11) is 0. The Morgan fingerprint density at radius 3 is 2.59 bits per heavy atom. The van der Waals surface area contributed by atoms with Gasteiger partial charge in [-0.25, -0.2) is 9.88 Å². The lowest BCUT2D eigenvalue weighted by Gasteiger charge is -2.32. The first kappa shape index (κ1) is 23.0. The monoisotopic (exact) mass is 494 g/mol. The van der Waals surface area contributed by atoms with Crippen LogP contribution in [0.1, 0.15) is 62.6 Å². The molecule has 3 amide bonds. The summed E-state index contributed by atoms with van der Waals surface area (Å²) in [6.45, 7) is 3.60. The highest BCUT2D eigenvalue weighted by molar-refractivity contribution is 6.34. The van der Waals surface area contributed by atoms with Gasteiger partial charge in [-0.3, -0.25) is 14.4 Å². The van der Waals surface area contributed by atoms with E-state index >= 15 is 0 Å². The maximum Gasteiger partial charge on any atom is 0.266 e. The molecule has 1 saturated heterocycles. The Hall–Kier alpha value is -4.46. The molecule has 37 heavy (non-hydrogen) atoms. The number of carbonyl (C=O) groups excluding carboxylic acids is 3. The molecule has 0 spiro atoms. The lowest BCUT2D eigenvalue weighted by Crippen LogP contribution is -2.39. The SMILES string of the molecule is CCOc1ccc(N2C(=O)c3ccc(C(=O)N4CCCC(c5nc6ccccc6[nH]5)C4)cc3C2=O)cc1. The van der Waals surface area contributed by atoms with Gasteiger partial charge in [-0.05, 0) is 74.4 Å². The number of imidazole rings is 1. The highest BCUT2D eigenvalue weighted by Gasteiger charge is 2.38. The molecule has 0 saturated carbocycles. The van der Waals surface area contributed by atoms with Gasteiger partial charge in [0.25, 0.3) is 17.7 Å². The van der Waals surface area contributed by atoms with E-state index in [4.69, 9.17) is 9.72 Å². The van der Waals surface area contributed by atoms with Gasteiger partial charge in [0.2, 0.25) is 0 Å². The normalized spacial score (nSPS) is 17.4. The molecule has 1 unspecified atom stereocenters. The number of aromatic amines is 1. The highest BCUT2D eigenvalue weighted by atomic mass is 16.5. The van der Waals surface area contributed by atoms with Crippen LogP contribution in [0.2, 0.25) is 0 Å². The topological polar surface area (TPSA) is 95.6 Å². The van der Waals surface area contributed by atoms with Crippen LogP contribution in [0.3, 0.4) is 0 Å². The summed E-state index contributed by atoms with van der Waals surface area (Å²) >= 11 is 0. The molecule has 0 bridgehead atoms. The number of benzene rings is 3. The fourth-order valence-electron chi connectivity index (χ4n) is 5.20. The first-order valence-corrected chi connectivity index (χ1v) is 12.5. The Balaban J connectivity index is 1.22. The third kappa shape index (κ3) is 4.04. The number of hydrogen-bond donors (Lipinski definition) is 1. The molecule has 6 rings (SSSR count). The molecule has 4 aromatic rings. The number of hydrogen-bond acceptors (Lipinski definition) is 5. The molecule has 2 aliphatic heterocycles. The summed E-state index contributed by atoms with van der Waals surface area (Å²) in [6, 6.07) is 19.5. The third-order valence-electron chi connectivity index (χ3n) is 7.04. The quantitative estimate of drug-likeness (QED) is 0.403. The minimum atomic E-state index is -0.433. The molecule has 1 atom stereocenters. The highest BCUT2D eigenvalue weighted by Crippen LogP contribution is 2.32. The number of nitrogens with zero attached hydrogens (tertiary/aromatic N) is 3. The van der Waals surface area contributed by atoms with E-state index in [1.165, 1.54) is 0 Å². The van der Waals surface area contributed by atoms with Crippen molar-refractivity contribution in [3.8, 4) is 5.75 Å². The number of rotatable bonds is 5. The van der Waals surface area contributed by atoms with E-state index in [9.17, 15) is 14.4 Å². The van der Waals surface area contributed by atoms with Crippen molar-refractivity contribution in [1.82, 2.24) is 14.9 Å². The second-order valence-electron chi connectivity index (χ2n) is 9.36. The Labute approximate surface area is 213 Å². The smallest absolute Gasteiger partial charge is 0.266 e.